The molecule has 2 aromatic heterocycles. The molecule has 0 spiro atoms. The second-order valence-electron chi connectivity index (χ2n) is 11.6. The van der Waals surface area contributed by atoms with Crippen LogP contribution in [-0.4, -0.2) is 34.6 Å². The monoisotopic (exact) mass is 585 g/mol. The lowest BCUT2D eigenvalue weighted by Crippen LogP contribution is -2.45. The number of benzene rings is 1. The smallest absolute Gasteiger partial charge is 0.333 e. The summed E-state index contributed by atoms with van der Waals surface area (Å²) in [5.74, 6) is 0. The predicted molar refractivity (Wildman–Crippen MR) is 162 cm³/mol. The first-order chi connectivity index (χ1) is 18.4. The number of aryl methyl sites for hydroxylation is 1. The molecule has 1 aliphatic rings. The molecule has 39 heavy (non-hydrogen) atoms. The fourth-order valence-electron chi connectivity index (χ4n) is 4.34. The van der Waals surface area contributed by atoms with Crippen LogP contribution in [0.2, 0.25) is 18.1 Å². The second kappa shape index (κ2) is 12.2. The van der Waals surface area contributed by atoms with E-state index in [9.17, 15) is 9.59 Å². The van der Waals surface area contributed by atoms with E-state index in [1.54, 1.807) is 45.5 Å². The molecular weight excluding hydrogens is 547 g/mol. The first-order valence-electron chi connectivity index (χ1n) is 13.4. The van der Waals surface area contributed by atoms with Crippen molar-refractivity contribution >= 4 is 29.9 Å². The van der Waals surface area contributed by atoms with Crippen LogP contribution in [0.3, 0.4) is 0 Å². The van der Waals surface area contributed by atoms with Crippen molar-refractivity contribution in [2.45, 2.75) is 100 Å². The molecule has 1 aromatic carbocycles. The standard InChI is InChI=1S/C29H39N3O4S2Si/c1-8-23-24(36-39(6,7)29(3,4)5)17-26(35-23)31-18-20(2)27(33)32(28(31)34)19-21-12-14-22(15-13-21)37-38-25-11-9-10-16-30-25/h9-16,18,23-24,26H,8,17,19H2,1-7H3/t23-,24?,26-/m1/s1. The summed E-state index contributed by atoms with van der Waals surface area (Å²) in [5, 5.41) is 1.02. The van der Waals surface area contributed by atoms with Gasteiger partial charge in [0.25, 0.3) is 5.56 Å². The highest BCUT2D eigenvalue weighted by atomic mass is 33.1. The Morgan fingerprint density at radius 2 is 1.82 bits per heavy atom. The summed E-state index contributed by atoms with van der Waals surface area (Å²) in [6.45, 7) is 15.2. The minimum absolute atomic E-state index is 0.0786. The molecular formula is C29H39N3O4S2Si. The van der Waals surface area contributed by atoms with Gasteiger partial charge in [0.2, 0.25) is 0 Å². The van der Waals surface area contributed by atoms with Gasteiger partial charge in [0.1, 0.15) is 11.3 Å². The normalized spacial score (nSPS) is 19.9. The van der Waals surface area contributed by atoms with E-state index >= 15 is 0 Å². The predicted octanol–water partition coefficient (Wildman–Crippen LogP) is 6.65. The van der Waals surface area contributed by atoms with Crippen molar-refractivity contribution in [3.63, 3.8) is 0 Å². The van der Waals surface area contributed by atoms with E-state index in [-0.39, 0.29) is 35.0 Å². The summed E-state index contributed by atoms with van der Waals surface area (Å²) < 4.78 is 16.0. The van der Waals surface area contributed by atoms with Crippen molar-refractivity contribution in [3.05, 3.63) is 86.8 Å². The average Bonchev–Trinajstić information content (AvgIpc) is 3.30. The quantitative estimate of drug-likeness (QED) is 0.206. The van der Waals surface area contributed by atoms with Crippen LogP contribution in [0, 0.1) is 6.92 Å². The number of aromatic nitrogens is 3. The Hall–Kier alpha value is -2.11. The lowest BCUT2D eigenvalue weighted by atomic mass is 10.1. The van der Waals surface area contributed by atoms with Gasteiger partial charge in [-0.05, 0) is 72.1 Å². The minimum atomic E-state index is -2.01. The van der Waals surface area contributed by atoms with Crippen LogP contribution in [0.5, 0.6) is 0 Å². The molecule has 1 saturated heterocycles. The highest BCUT2D eigenvalue weighted by Gasteiger charge is 2.44. The van der Waals surface area contributed by atoms with E-state index in [1.807, 2.05) is 42.5 Å². The summed E-state index contributed by atoms with van der Waals surface area (Å²) in [5.41, 5.74) is 0.762. The number of nitrogens with zero attached hydrogens (tertiary/aromatic N) is 3. The Morgan fingerprint density at radius 1 is 1.10 bits per heavy atom. The number of hydrogen-bond donors (Lipinski definition) is 0. The number of ether oxygens (including phenoxy) is 1. The highest BCUT2D eigenvalue weighted by Crippen LogP contribution is 2.41. The van der Waals surface area contributed by atoms with Gasteiger partial charge >= 0.3 is 5.69 Å². The van der Waals surface area contributed by atoms with E-state index in [0.29, 0.717) is 12.0 Å². The Labute approximate surface area is 239 Å². The zero-order chi connectivity index (χ0) is 28.4. The van der Waals surface area contributed by atoms with Crippen molar-refractivity contribution in [1.82, 2.24) is 14.1 Å². The SMILES string of the molecule is CC[C@H]1O[C@@H](n2cc(C)c(=O)n(Cc3ccc(SSc4ccccn4)cc3)c2=O)CC1O[Si](C)(C)C(C)(C)C. The van der Waals surface area contributed by atoms with Crippen LogP contribution in [0.15, 0.2) is 74.4 Å². The maximum Gasteiger partial charge on any atom is 0.333 e. The van der Waals surface area contributed by atoms with Gasteiger partial charge in [0.05, 0.1) is 18.8 Å². The van der Waals surface area contributed by atoms with Gasteiger partial charge in [-0.1, -0.05) is 56.7 Å². The molecule has 10 heteroatoms. The second-order valence-corrected chi connectivity index (χ2v) is 18.5. The fraction of sp³-hybridized carbons (Fsp3) is 0.483. The van der Waals surface area contributed by atoms with E-state index in [2.05, 4.69) is 45.8 Å². The zero-order valence-corrected chi connectivity index (χ0v) is 26.5. The molecule has 0 bridgehead atoms. The summed E-state index contributed by atoms with van der Waals surface area (Å²) in [6.07, 6.45) is 4.16. The van der Waals surface area contributed by atoms with Crippen molar-refractivity contribution < 1.29 is 9.16 Å². The molecule has 0 aliphatic carbocycles. The molecule has 1 fully saturated rings. The lowest BCUT2D eigenvalue weighted by Gasteiger charge is -2.39. The Morgan fingerprint density at radius 3 is 2.44 bits per heavy atom. The lowest BCUT2D eigenvalue weighted by molar-refractivity contribution is -0.0204. The average molecular weight is 586 g/mol. The largest absolute Gasteiger partial charge is 0.411 e. The van der Waals surface area contributed by atoms with Crippen LogP contribution in [0.4, 0.5) is 0 Å². The third-order valence-corrected chi connectivity index (χ3v) is 14.4. The summed E-state index contributed by atoms with van der Waals surface area (Å²) in [7, 11) is 1.19. The van der Waals surface area contributed by atoms with E-state index in [1.165, 1.54) is 4.57 Å². The summed E-state index contributed by atoms with van der Waals surface area (Å²) in [6, 6.07) is 13.8. The zero-order valence-electron chi connectivity index (χ0n) is 23.8. The van der Waals surface area contributed by atoms with Gasteiger partial charge in [0.15, 0.2) is 8.32 Å². The molecule has 1 aliphatic heterocycles. The Balaban J connectivity index is 1.52. The molecule has 0 N–H and O–H groups in total. The van der Waals surface area contributed by atoms with Crippen molar-refractivity contribution in [3.8, 4) is 0 Å². The number of hydrogen-bond acceptors (Lipinski definition) is 7. The molecule has 3 heterocycles. The minimum Gasteiger partial charge on any atom is -0.411 e. The van der Waals surface area contributed by atoms with Crippen LogP contribution >= 0.6 is 21.6 Å². The topological polar surface area (TPSA) is 75.4 Å². The summed E-state index contributed by atoms with van der Waals surface area (Å²) >= 11 is 0. The number of pyridine rings is 1. The van der Waals surface area contributed by atoms with Crippen molar-refractivity contribution in [2.24, 2.45) is 0 Å². The van der Waals surface area contributed by atoms with Gasteiger partial charge < -0.3 is 9.16 Å². The van der Waals surface area contributed by atoms with Gasteiger partial charge in [0, 0.05) is 29.3 Å². The van der Waals surface area contributed by atoms with Gasteiger partial charge in [-0.25, -0.2) is 9.78 Å². The molecule has 0 saturated carbocycles. The van der Waals surface area contributed by atoms with Gasteiger partial charge in [-0.15, -0.1) is 0 Å². The molecule has 210 valence electrons. The van der Waals surface area contributed by atoms with E-state index in [4.69, 9.17) is 9.16 Å². The van der Waals surface area contributed by atoms with Gasteiger partial charge in [-0.2, -0.15) is 0 Å². The first kappa shape index (κ1) is 29.9. The third-order valence-electron chi connectivity index (χ3n) is 7.64. The molecule has 3 atom stereocenters. The Kier molecular flexibility index (Phi) is 9.32. The summed E-state index contributed by atoms with van der Waals surface area (Å²) in [4.78, 5) is 32.1. The van der Waals surface area contributed by atoms with E-state index in [0.717, 1.165) is 21.9 Å². The van der Waals surface area contributed by atoms with Crippen LogP contribution in [0.1, 0.15) is 57.9 Å². The van der Waals surface area contributed by atoms with Crippen LogP contribution in [0.25, 0.3) is 0 Å². The van der Waals surface area contributed by atoms with Crippen molar-refractivity contribution in [1.29, 1.82) is 0 Å². The van der Waals surface area contributed by atoms with Crippen LogP contribution in [-0.2, 0) is 15.7 Å². The molecule has 4 rings (SSSR count). The molecule has 1 unspecified atom stereocenters. The molecule has 7 nitrogen and oxygen atoms in total. The Bertz CT molecular complexity index is 1380. The number of rotatable bonds is 9. The van der Waals surface area contributed by atoms with Gasteiger partial charge in [-0.3, -0.25) is 13.9 Å². The molecule has 0 amide bonds. The fourth-order valence-corrected chi connectivity index (χ4v) is 7.54. The van der Waals surface area contributed by atoms with E-state index < -0.39 is 14.5 Å². The van der Waals surface area contributed by atoms with Crippen molar-refractivity contribution in [2.75, 3.05) is 0 Å². The maximum absolute atomic E-state index is 13.6. The molecule has 3 aromatic rings. The van der Waals surface area contributed by atoms with Crippen LogP contribution < -0.4 is 11.2 Å². The third kappa shape index (κ3) is 6.97. The molecule has 0 radical (unpaired) electrons. The maximum atomic E-state index is 13.6. The highest BCUT2D eigenvalue weighted by molar-refractivity contribution is 8.76. The first-order valence-corrected chi connectivity index (χ1v) is 18.5.